The number of hydrogen-bond donors (Lipinski definition) is 0. The van der Waals surface area contributed by atoms with Crippen molar-refractivity contribution >= 4 is 16.7 Å². The van der Waals surface area contributed by atoms with Crippen LogP contribution in [0, 0.1) is 6.92 Å². The molecule has 0 saturated heterocycles. The monoisotopic (exact) mass is 277 g/mol. The van der Waals surface area contributed by atoms with Gasteiger partial charge in [0.15, 0.2) is 5.78 Å². The van der Waals surface area contributed by atoms with E-state index in [4.69, 9.17) is 4.74 Å². The Bertz CT molecular complexity index is 824. The minimum Gasteiger partial charge on any atom is -0.496 e. The van der Waals surface area contributed by atoms with Gasteiger partial charge in [0.25, 0.3) is 0 Å². The molecule has 0 amide bonds. The fraction of sp³-hybridized carbons (Fsp3) is 0.111. The standard InChI is InChI=1S/C18H15NO2/c1-12-5-6-15(11-17(12)21-2)18(20)14-7-8-16-13(10-14)4-3-9-19-16/h3-11H,1-2H3. The normalized spacial score (nSPS) is 10.6. The van der Waals surface area contributed by atoms with Crippen molar-refractivity contribution in [2.45, 2.75) is 6.92 Å². The summed E-state index contributed by atoms with van der Waals surface area (Å²) in [6, 6.07) is 14.9. The number of nitrogens with zero attached hydrogens (tertiary/aromatic N) is 1. The van der Waals surface area contributed by atoms with E-state index in [9.17, 15) is 4.79 Å². The lowest BCUT2D eigenvalue weighted by atomic mass is 10.00. The minimum absolute atomic E-state index is 0.0148. The molecule has 1 aromatic heterocycles. The van der Waals surface area contributed by atoms with Gasteiger partial charge in [0.05, 0.1) is 12.6 Å². The number of pyridine rings is 1. The highest BCUT2D eigenvalue weighted by Gasteiger charge is 2.11. The van der Waals surface area contributed by atoms with Crippen LogP contribution in [0.25, 0.3) is 10.9 Å². The zero-order valence-electron chi connectivity index (χ0n) is 12.0. The van der Waals surface area contributed by atoms with Crippen molar-refractivity contribution in [3.05, 3.63) is 71.4 Å². The summed E-state index contributed by atoms with van der Waals surface area (Å²) in [4.78, 5) is 16.9. The van der Waals surface area contributed by atoms with Gasteiger partial charge in [0.1, 0.15) is 5.75 Å². The van der Waals surface area contributed by atoms with Crippen molar-refractivity contribution in [1.82, 2.24) is 4.98 Å². The number of carbonyl (C=O) groups excluding carboxylic acids is 1. The molecule has 0 aliphatic carbocycles. The molecule has 1 heterocycles. The van der Waals surface area contributed by atoms with Crippen LogP contribution in [-0.4, -0.2) is 17.9 Å². The van der Waals surface area contributed by atoms with E-state index >= 15 is 0 Å². The Balaban J connectivity index is 2.03. The molecule has 0 atom stereocenters. The molecule has 0 spiro atoms. The maximum absolute atomic E-state index is 12.6. The Morgan fingerprint density at radius 3 is 2.62 bits per heavy atom. The maximum Gasteiger partial charge on any atom is 0.193 e. The van der Waals surface area contributed by atoms with Crippen LogP contribution in [0.1, 0.15) is 21.5 Å². The lowest BCUT2D eigenvalue weighted by Crippen LogP contribution is -2.02. The summed E-state index contributed by atoms with van der Waals surface area (Å²) < 4.78 is 5.28. The summed E-state index contributed by atoms with van der Waals surface area (Å²) in [5.74, 6) is 0.711. The van der Waals surface area contributed by atoms with Gasteiger partial charge in [-0.05, 0) is 42.8 Å². The van der Waals surface area contributed by atoms with E-state index < -0.39 is 0 Å². The molecule has 3 nitrogen and oxygen atoms in total. The Morgan fingerprint density at radius 2 is 1.81 bits per heavy atom. The van der Waals surface area contributed by atoms with Gasteiger partial charge in [-0.1, -0.05) is 18.2 Å². The summed E-state index contributed by atoms with van der Waals surface area (Å²) >= 11 is 0. The van der Waals surface area contributed by atoms with Gasteiger partial charge in [0.2, 0.25) is 0 Å². The molecule has 0 fully saturated rings. The molecule has 0 aliphatic rings. The molecule has 3 heteroatoms. The number of ketones is 1. The number of hydrogen-bond acceptors (Lipinski definition) is 3. The van der Waals surface area contributed by atoms with E-state index in [0.29, 0.717) is 11.1 Å². The summed E-state index contributed by atoms with van der Waals surface area (Å²) in [5.41, 5.74) is 3.18. The molecule has 21 heavy (non-hydrogen) atoms. The summed E-state index contributed by atoms with van der Waals surface area (Å²) in [7, 11) is 1.61. The molecule has 0 saturated carbocycles. The zero-order chi connectivity index (χ0) is 14.8. The van der Waals surface area contributed by atoms with Crippen molar-refractivity contribution in [1.29, 1.82) is 0 Å². The molecule has 0 N–H and O–H groups in total. The van der Waals surface area contributed by atoms with Crippen molar-refractivity contribution in [3.63, 3.8) is 0 Å². The van der Waals surface area contributed by atoms with Gasteiger partial charge in [-0.15, -0.1) is 0 Å². The van der Waals surface area contributed by atoms with Gasteiger partial charge in [-0.3, -0.25) is 9.78 Å². The number of aromatic nitrogens is 1. The van der Waals surface area contributed by atoms with Crippen LogP contribution in [0.5, 0.6) is 5.75 Å². The first kappa shape index (κ1) is 13.3. The zero-order valence-corrected chi connectivity index (χ0v) is 12.0. The number of ether oxygens (including phenoxy) is 1. The van der Waals surface area contributed by atoms with Crippen LogP contribution in [0.2, 0.25) is 0 Å². The quantitative estimate of drug-likeness (QED) is 0.684. The second-order valence-corrected chi connectivity index (χ2v) is 4.92. The molecular formula is C18H15NO2. The van der Waals surface area contributed by atoms with E-state index in [-0.39, 0.29) is 5.78 Å². The highest BCUT2D eigenvalue weighted by Crippen LogP contribution is 2.22. The predicted molar refractivity (Wildman–Crippen MR) is 82.9 cm³/mol. The SMILES string of the molecule is COc1cc(C(=O)c2ccc3ncccc3c2)ccc1C. The maximum atomic E-state index is 12.6. The highest BCUT2D eigenvalue weighted by atomic mass is 16.5. The smallest absolute Gasteiger partial charge is 0.193 e. The number of aryl methyl sites for hydroxylation is 1. The van der Waals surface area contributed by atoms with Crippen LogP contribution < -0.4 is 4.74 Å². The number of fused-ring (bicyclic) bond motifs is 1. The largest absolute Gasteiger partial charge is 0.496 e. The van der Waals surface area contributed by atoms with Crippen LogP contribution in [0.4, 0.5) is 0 Å². The van der Waals surface area contributed by atoms with Crippen LogP contribution in [0.15, 0.2) is 54.7 Å². The van der Waals surface area contributed by atoms with Gasteiger partial charge in [-0.2, -0.15) is 0 Å². The average Bonchev–Trinajstić information content (AvgIpc) is 2.54. The summed E-state index contributed by atoms with van der Waals surface area (Å²) in [6.45, 7) is 1.95. The van der Waals surface area contributed by atoms with Crippen molar-refractivity contribution in [2.75, 3.05) is 7.11 Å². The molecule has 3 rings (SSSR count). The first-order valence-electron chi connectivity index (χ1n) is 6.73. The average molecular weight is 277 g/mol. The third kappa shape index (κ3) is 2.50. The highest BCUT2D eigenvalue weighted by molar-refractivity contribution is 6.10. The molecule has 2 aromatic carbocycles. The van der Waals surface area contributed by atoms with E-state index in [1.807, 2.05) is 49.4 Å². The fourth-order valence-electron chi connectivity index (χ4n) is 2.34. The number of methoxy groups -OCH3 is 1. The van der Waals surface area contributed by atoms with Crippen molar-refractivity contribution in [2.24, 2.45) is 0 Å². The predicted octanol–water partition coefficient (Wildman–Crippen LogP) is 3.78. The molecule has 104 valence electrons. The molecule has 0 radical (unpaired) electrons. The molecule has 0 bridgehead atoms. The number of carbonyl (C=O) groups is 1. The molecule has 0 aliphatic heterocycles. The van der Waals surface area contributed by atoms with Crippen LogP contribution in [0.3, 0.4) is 0 Å². The third-order valence-electron chi connectivity index (χ3n) is 3.54. The topological polar surface area (TPSA) is 39.2 Å². The van der Waals surface area contributed by atoms with E-state index in [1.165, 1.54) is 0 Å². The Morgan fingerprint density at radius 1 is 1.05 bits per heavy atom. The van der Waals surface area contributed by atoms with Gasteiger partial charge < -0.3 is 4.74 Å². The first-order valence-corrected chi connectivity index (χ1v) is 6.73. The lowest BCUT2D eigenvalue weighted by molar-refractivity contribution is 0.103. The van der Waals surface area contributed by atoms with E-state index in [1.54, 1.807) is 19.4 Å². The molecule has 3 aromatic rings. The second kappa shape index (κ2) is 5.37. The van der Waals surface area contributed by atoms with Crippen molar-refractivity contribution in [3.8, 4) is 5.75 Å². The van der Waals surface area contributed by atoms with Gasteiger partial charge in [-0.25, -0.2) is 0 Å². The second-order valence-electron chi connectivity index (χ2n) is 4.92. The lowest BCUT2D eigenvalue weighted by Gasteiger charge is -2.07. The Labute approximate surface area is 123 Å². The minimum atomic E-state index is -0.0148. The van der Waals surface area contributed by atoms with Gasteiger partial charge >= 0.3 is 0 Å². The Kier molecular flexibility index (Phi) is 3.40. The molecular weight excluding hydrogens is 262 g/mol. The number of rotatable bonds is 3. The fourth-order valence-corrected chi connectivity index (χ4v) is 2.34. The summed E-state index contributed by atoms with van der Waals surface area (Å²) in [5, 5.41) is 0.961. The van der Waals surface area contributed by atoms with Crippen molar-refractivity contribution < 1.29 is 9.53 Å². The molecule has 0 unspecified atom stereocenters. The third-order valence-corrected chi connectivity index (χ3v) is 3.54. The van der Waals surface area contributed by atoms with E-state index in [2.05, 4.69) is 4.98 Å². The number of benzene rings is 2. The Hall–Kier alpha value is -2.68. The summed E-state index contributed by atoms with van der Waals surface area (Å²) in [6.07, 6.45) is 1.74. The van der Waals surface area contributed by atoms with E-state index in [0.717, 1.165) is 22.2 Å². The van der Waals surface area contributed by atoms with Crippen LogP contribution in [-0.2, 0) is 0 Å². The first-order chi connectivity index (χ1) is 10.2. The van der Waals surface area contributed by atoms with Gasteiger partial charge in [0, 0.05) is 22.7 Å². The van der Waals surface area contributed by atoms with Crippen LogP contribution >= 0.6 is 0 Å².